The van der Waals surface area contributed by atoms with Gasteiger partial charge in [-0.25, -0.2) is 4.68 Å². The molecule has 0 radical (unpaired) electrons. The highest BCUT2D eigenvalue weighted by molar-refractivity contribution is 5.96. The van der Waals surface area contributed by atoms with Gasteiger partial charge in [-0.1, -0.05) is 6.92 Å². The topological polar surface area (TPSA) is 51.0 Å². The summed E-state index contributed by atoms with van der Waals surface area (Å²) >= 11 is 0. The summed E-state index contributed by atoms with van der Waals surface area (Å²) < 4.78 is 39.6. The average Bonchev–Trinajstić information content (AvgIpc) is 3.30. The zero-order chi connectivity index (χ0) is 18.2. The summed E-state index contributed by atoms with van der Waals surface area (Å²) in [6.07, 6.45) is 1.06. The van der Waals surface area contributed by atoms with E-state index in [0.717, 1.165) is 18.5 Å². The van der Waals surface area contributed by atoms with E-state index in [4.69, 9.17) is 0 Å². The summed E-state index contributed by atoms with van der Waals surface area (Å²) in [5, 5.41) is 4.39. The number of aromatic nitrogens is 3. The van der Waals surface area contributed by atoms with Crippen molar-refractivity contribution < 1.29 is 18.0 Å². The highest BCUT2D eigenvalue weighted by atomic mass is 19.4. The van der Waals surface area contributed by atoms with E-state index in [2.05, 4.69) is 10.1 Å². The molecule has 1 fully saturated rings. The van der Waals surface area contributed by atoms with Gasteiger partial charge in [0.05, 0.1) is 35.9 Å². The fourth-order valence-electron chi connectivity index (χ4n) is 2.81. The standard InChI is InChI=1S/C17H19F3N4O/c1-11(8-17(18,19)20)16(25)24(13-5-6-13)15-10-23(22-12(15)2)14-4-3-7-21-9-14/h3-4,7,9-11,13H,5-6,8H2,1-2H3. The number of hydrogen-bond acceptors (Lipinski definition) is 3. The Morgan fingerprint density at radius 2 is 2.16 bits per heavy atom. The van der Waals surface area contributed by atoms with Crippen LogP contribution in [0.15, 0.2) is 30.7 Å². The number of carbonyl (C=O) groups is 1. The molecule has 0 saturated heterocycles. The molecule has 0 aromatic carbocycles. The fraction of sp³-hybridized carbons (Fsp3) is 0.471. The highest BCUT2D eigenvalue weighted by Gasteiger charge is 2.40. The zero-order valence-corrected chi connectivity index (χ0v) is 14.0. The predicted molar refractivity (Wildman–Crippen MR) is 86.4 cm³/mol. The Morgan fingerprint density at radius 1 is 1.44 bits per heavy atom. The van der Waals surface area contributed by atoms with Crippen molar-refractivity contribution in [1.82, 2.24) is 14.8 Å². The SMILES string of the molecule is Cc1nn(-c2cccnc2)cc1N(C(=O)C(C)CC(F)(F)F)C1CC1. The number of alkyl halides is 3. The van der Waals surface area contributed by atoms with Gasteiger partial charge in [0, 0.05) is 18.2 Å². The summed E-state index contributed by atoms with van der Waals surface area (Å²) in [6.45, 7) is 3.07. The average molecular weight is 352 g/mol. The molecule has 2 heterocycles. The molecule has 0 bridgehead atoms. The van der Waals surface area contributed by atoms with E-state index in [9.17, 15) is 18.0 Å². The van der Waals surface area contributed by atoms with Crippen molar-refractivity contribution in [2.75, 3.05) is 4.90 Å². The quantitative estimate of drug-likeness (QED) is 0.825. The Morgan fingerprint density at radius 3 is 2.72 bits per heavy atom. The van der Waals surface area contributed by atoms with Gasteiger partial charge in [0.2, 0.25) is 5.91 Å². The Kier molecular flexibility index (Phi) is 4.53. The number of amides is 1. The minimum Gasteiger partial charge on any atom is -0.306 e. The molecule has 1 atom stereocenters. The number of aryl methyl sites for hydroxylation is 1. The van der Waals surface area contributed by atoms with Crippen LogP contribution in [0.25, 0.3) is 5.69 Å². The summed E-state index contributed by atoms with van der Waals surface area (Å²) in [4.78, 5) is 18.2. The van der Waals surface area contributed by atoms with Crippen molar-refractivity contribution in [3.8, 4) is 5.69 Å². The molecule has 1 saturated carbocycles. The van der Waals surface area contributed by atoms with Gasteiger partial charge in [0.1, 0.15) is 0 Å². The lowest BCUT2D eigenvalue weighted by atomic mass is 10.1. The minimum atomic E-state index is -4.36. The van der Waals surface area contributed by atoms with Gasteiger partial charge in [-0.15, -0.1) is 0 Å². The fourth-order valence-corrected chi connectivity index (χ4v) is 2.81. The van der Waals surface area contributed by atoms with E-state index in [-0.39, 0.29) is 6.04 Å². The number of rotatable bonds is 5. The van der Waals surface area contributed by atoms with E-state index in [1.165, 1.54) is 11.8 Å². The second kappa shape index (κ2) is 6.50. The number of carbonyl (C=O) groups excluding carboxylic acids is 1. The minimum absolute atomic E-state index is 0.0477. The monoisotopic (exact) mass is 352 g/mol. The second-order valence-corrected chi connectivity index (χ2v) is 6.42. The molecule has 3 rings (SSSR count). The van der Waals surface area contributed by atoms with Crippen LogP contribution in [0.2, 0.25) is 0 Å². The van der Waals surface area contributed by atoms with E-state index >= 15 is 0 Å². The molecule has 2 aromatic heterocycles. The normalized spacial score (nSPS) is 15.9. The number of anilines is 1. The Balaban J connectivity index is 1.89. The van der Waals surface area contributed by atoms with E-state index in [0.29, 0.717) is 11.4 Å². The lowest BCUT2D eigenvalue weighted by Gasteiger charge is -2.25. The predicted octanol–water partition coefficient (Wildman–Crippen LogP) is 3.66. The summed E-state index contributed by atoms with van der Waals surface area (Å²) in [5.41, 5.74) is 1.89. The van der Waals surface area contributed by atoms with Crippen molar-refractivity contribution in [3.63, 3.8) is 0 Å². The molecule has 0 spiro atoms. The van der Waals surface area contributed by atoms with Crippen molar-refractivity contribution >= 4 is 11.6 Å². The zero-order valence-electron chi connectivity index (χ0n) is 14.0. The van der Waals surface area contributed by atoms with Crippen LogP contribution in [0.3, 0.4) is 0 Å². The Bertz CT molecular complexity index is 753. The lowest BCUT2D eigenvalue weighted by Crippen LogP contribution is -2.38. The van der Waals surface area contributed by atoms with E-state index < -0.39 is 24.4 Å². The first-order chi connectivity index (χ1) is 11.8. The van der Waals surface area contributed by atoms with E-state index in [1.807, 2.05) is 6.07 Å². The maximum absolute atomic E-state index is 12.7. The first-order valence-corrected chi connectivity index (χ1v) is 8.13. The molecule has 0 N–H and O–H groups in total. The van der Waals surface area contributed by atoms with Crippen LogP contribution in [-0.2, 0) is 4.79 Å². The largest absolute Gasteiger partial charge is 0.389 e. The van der Waals surface area contributed by atoms with Crippen LogP contribution < -0.4 is 4.90 Å². The number of halogens is 3. The summed E-state index contributed by atoms with van der Waals surface area (Å²) in [6, 6.07) is 3.54. The van der Waals surface area contributed by atoms with E-state index in [1.54, 1.807) is 36.3 Å². The van der Waals surface area contributed by atoms with Crippen molar-refractivity contribution in [2.24, 2.45) is 5.92 Å². The summed E-state index contributed by atoms with van der Waals surface area (Å²) in [7, 11) is 0. The molecular formula is C17H19F3N4O. The first kappa shape index (κ1) is 17.4. The molecule has 1 aliphatic rings. The molecule has 25 heavy (non-hydrogen) atoms. The van der Waals surface area contributed by atoms with Gasteiger partial charge in [0.15, 0.2) is 0 Å². The van der Waals surface area contributed by atoms with Gasteiger partial charge in [-0.2, -0.15) is 18.3 Å². The summed E-state index contributed by atoms with van der Waals surface area (Å²) in [5.74, 6) is -1.63. The molecule has 1 aliphatic carbocycles. The smallest absolute Gasteiger partial charge is 0.306 e. The second-order valence-electron chi connectivity index (χ2n) is 6.42. The van der Waals surface area contributed by atoms with Gasteiger partial charge in [0.25, 0.3) is 0 Å². The van der Waals surface area contributed by atoms with Gasteiger partial charge >= 0.3 is 6.18 Å². The van der Waals surface area contributed by atoms with Gasteiger partial charge < -0.3 is 4.90 Å². The maximum atomic E-state index is 12.7. The Labute approximate surface area is 143 Å². The molecular weight excluding hydrogens is 333 g/mol. The van der Waals surface area contributed by atoms with Crippen molar-refractivity contribution in [2.45, 2.75) is 45.3 Å². The number of pyridine rings is 1. The van der Waals surface area contributed by atoms with Gasteiger partial charge in [-0.3, -0.25) is 9.78 Å². The Hall–Kier alpha value is -2.38. The number of hydrogen-bond donors (Lipinski definition) is 0. The lowest BCUT2D eigenvalue weighted by molar-refractivity contribution is -0.151. The molecule has 1 unspecified atom stereocenters. The number of nitrogens with zero attached hydrogens (tertiary/aromatic N) is 4. The molecule has 8 heteroatoms. The van der Waals surface area contributed by atoms with Crippen LogP contribution in [0, 0.1) is 12.8 Å². The van der Waals surface area contributed by atoms with Crippen LogP contribution in [0.1, 0.15) is 31.9 Å². The first-order valence-electron chi connectivity index (χ1n) is 8.13. The van der Waals surface area contributed by atoms with Crippen LogP contribution in [-0.4, -0.2) is 32.9 Å². The molecule has 0 aliphatic heterocycles. The third kappa shape index (κ3) is 4.00. The van der Waals surface area contributed by atoms with Crippen molar-refractivity contribution in [1.29, 1.82) is 0 Å². The third-order valence-electron chi connectivity index (χ3n) is 4.15. The van der Waals surface area contributed by atoms with Crippen LogP contribution in [0.5, 0.6) is 0 Å². The van der Waals surface area contributed by atoms with Crippen molar-refractivity contribution in [3.05, 3.63) is 36.4 Å². The molecule has 5 nitrogen and oxygen atoms in total. The molecule has 134 valence electrons. The van der Waals surface area contributed by atoms with Crippen LogP contribution >= 0.6 is 0 Å². The maximum Gasteiger partial charge on any atom is 0.389 e. The molecule has 2 aromatic rings. The molecule has 1 amide bonds. The van der Waals surface area contributed by atoms with Crippen LogP contribution in [0.4, 0.5) is 18.9 Å². The third-order valence-corrected chi connectivity index (χ3v) is 4.15. The van der Waals surface area contributed by atoms with Gasteiger partial charge in [-0.05, 0) is 31.9 Å². The highest BCUT2D eigenvalue weighted by Crippen LogP contribution is 2.36.